The van der Waals surface area contributed by atoms with E-state index in [0.717, 1.165) is 6.54 Å². The van der Waals surface area contributed by atoms with Crippen molar-refractivity contribution in [1.82, 2.24) is 10.0 Å². The summed E-state index contributed by atoms with van der Waals surface area (Å²) in [5, 5.41) is 3.06. The summed E-state index contributed by atoms with van der Waals surface area (Å²) in [6, 6.07) is 1.52. The van der Waals surface area contributed by atoms with Gasteiger partial charge in [0.2, 0.25) is 10.0 Å². The summed E-state index contributed by atoms with van der Waals surface area (Å²) in [6.45, 7) is 5.35. The van der Waals surface area contributed by atoms with E-state index in [0.29, 0.717) is 18.8 Å². The lowest BCUT2D eigenvalue weighted by Gasteiger charge is -2.00. The molecule has 0 spiro atoms. The van der Waals surface area contributed by atoms with E-state index in [1.807, 2.05) is 6.92 Å². The molecule has 1 rings (SSSR count). The molecule has 92 valence electrons. The van der Waals surface area contributed by atoms with E-state index in [-0.39, 0.29) is 9.56 Å². The Balaban J connectivity index is 2.93. The zero-order valence-corrected chi connectivity index (χ0v) is 11.6. The van der Waals surface area contributed by atoms with Gasteiger partial charge >= 0.3 is 0 Å². The molecule has 0 bridgehead atoms. The highest BCUT2D eigenvalue weighted by Crippen LogP contribution is 2.25. The lowest BCUT2D eigenvalue weighted by molar-refractivity contribution is 0.464. The van der Waals surface area contributed by atoms with Crippen LogP contribution in [-0.2, 0) is 16.6 Å². The average Bonchev–Trinajstić information content (AvgIpc) is 2.57. The molecule has 0 aliphatic carbocycles. The topological polar surface area (TPSA) is 71.3 Å². The number of furan rings is 1. The van der Waals surface area contributed by atoms with Gasteiger partial charge < -0.3 is 9.73 Å². The van der Waals surface area contributed by atoms with Crippen molar-refractivity contribution in [2.24, 2.45) is 0 Å². The predicted octanol–water partition coefficient (Wildman–Crippen LogP) is 1.45. The van der Waals surface area contributed by atoms with E-state index in [4.69, 9.17) is 4.42 Å². The second-order valence-electron chi connectivity index (χ2n) is 3.13. The summed E-state index contributed by atoms with van der Waals surface area (Å²) in [7, 11) is -3.46. The molecular weight excluding hydrogens is 296 g/mol. The lowest BCUT2D eigenvalue weighted by atomic mass is 10.4. The van der Waals surface area contributed by atoms with E-state index >= 15 is 0 Å². The van der Waals surface area contributed by atoms with Gasteiger partial charge in [-0.2, -0.15) is 0 Å². The molecule has 0 saturated heterocycles. The molecule has 1 aromatic rings. The largest absolute Gasteiger partial charge is 0.452 e. The highest BCUT2D eigenvalue weighted by Gasteiger charge is 2.21. The number of halogens is 1. The van der Waals surface area contributed by atoms with E-state index in [9.17, 15) is 8.42 Å². The first-order valence-corrected chi connectivity index (χ1v) is 7.27. The zero-order chi connectivity index (χ0) is 12.2. The molecule has 0 aliphatic rings. The normalized spacial score (nSPS) is 11.9. The van der Waals surface area contributed by atoms with Crippen LogP contribution in [0, 0.1) is 0 Å². The van der Waals surface area contributed by atoms with Gasteiger partial charge in [-0.15, -0.1) is 0 Å². The average molecular weight is 311 g/mol. The van der Waals surface area contributed by atoms with Crippen LogP contribution in [0.1, 0.15) is 19.6 Å². The molecule has 5 nitrogen and oxygen atoms in total. The van der Waals surface area contributed by atoms with Crippen LogP contribution in [0.5, 0.6) is 0 Å². The first kappa shape index (κ1) is 13.7. The molecule has 16 heavy (non-hydrogen) atoms. The summed E-state index contributed by atoms with van der Waals surface area (Å²) in [5.41, 5.74) is 0. The van der Waals surface area contributed by atoms with E-state index in [1.54, 1.807) is 6.92 Å². The first-order chi connectivity index (χ1) is 7.51. The van der Waals surface area contributed by atoms with Crippen molar-refractivity contribution >= 4 is 26.0 Å². The summed E-state index contributed by atoms with van der Waals surface area (Å²) >= 11 is 3.10. The SMILES string of the molecule is CCNCc1cc(S(=O)(=O)NCC)c(Br)o1. The van der Waals surface area contributed by atoms with E-state index in [2.05, 4.69) is 26.0 Å². The fourth-order valence-electron chi connectivity index (χ4n) is 1.18. The van der Waals surface area contributed by atoms with Gasteiger partial charge in [0, 0.05) is 12.6 Å². The van der Waals surface area contributed by atoms with Gasteiger partial charge in [-0.25, -0.2) is 13.1 Å². The maximum atomic E-state index is 11.7. The van der Waals surface area contributed by atoms with Crippen LogP contribution in [0.4, 0.5) is 0 Å². The maximum Gasteiger partial charge on any atom is 0.244 e. The molecule has 0 saturated carbocycles. The molecule has 0 amide bonds. The van der Waals surface area contributed by atoms with Gasteiger partial charge in [0.25, 0.3) is 0 Å². The Morgan fingerprint density at radius 1 is 1.38 bits per heavy atom. The molecule has 0 atom stereocenters. The Morgan fingerprint density at radius 3 is 2.62 bits per heavy atom. The van der Waals surface area contributed by atoms with Crippen molar-refractivity contribution in [2.45, 2.75) is 25.3 Å². The van der Waals surface area contributed by atoms with Crippen LogP contribution < -0.4 is 10.0 Å². The Hall–Kier alpha value is -0.370. The number of hydrogen-bond donors (Lipinski definition) is 2. The van der Waals surface area contributed by atoms with E-state index < -0.39 is 10.0 Å². The number of rotatable bonds is 6. The quantitative estimate of drug-likeness (QED) is 0.834. The molecule has 1 heterocycles. The van der Waals surface area contributed by atoms with Gasteiger partial charge in [-0.05, 0) is 22.5 Å². The van der Waals surface area contributed by atoms with Crippen LogP contribution in [0.3, 0.4) is 0 Å². The standard InChI is InChI=1S/C9H15BrN2O3S/c1-3-11-6-7-5-8(9(10)15-7)16(13,14)12-4-2/h5,11-12H,3-4,6H2,1-2H3. The molecule has 0 aromatic carbocycles. The lowest BCUT2D eigenvalue weighted by Crippen LogP contribution is -2.23. The first-order valence-electron chi connectivity index (χ1n) is 4.99. The van der Waals surface area contributed by atoms with Crippen molar-refractivity contribution in [1.29, 1.82) is 0 Å². The monoisotopic (exact) mass is 310 g/mol. The van der Waals surface area contributed by atoms with Crippen molar-refractivity contribution in [3.8, 4) is 0 Å². The molecule has 0 unspecified atom stereocenters. The third-order valence-electron chi connectivity index (χ3n) is 1.88. The molecule has 1 aromatic heterocycles. The second kappa shape index (κ2) is 5.81. The Bertz CT molecular complexity index is 442. The molecule has 0 aliphatic heterocycles. The summed E-state index contributed by atoms with van der Waals surface area (Å²) in [4.78, 5) is 0.141. The molecule has 0 radical (unpaired) electrons. The van der Waals surface area contributed by atoms with Crippen LogP contribution in [0.2, 0.25) is 0 Å². The zero-order valence-electron chi connectivity index (χ0n) is 9.21. The van der Waals surface area contributed by atoms with Crippen molar-refractivity contribution < 1.29 is 12.8 Å². The van der Waals surface area contributed by atoms with Crippen LogP contribution in [0.15, 0.2) is 20.0 Å². The Kier molecular flexibility index (Phi) is 4.97. The summed E-state index contributed by atoms with van der Waals surface area (Å²) < 4.78 is 31.4. The van der Waals surface area contributed by atoms with E-state index in [1.165, 1.54) is 6.07 Å². The van der Waals surface area contributed by atoms with Gasteiger partial charge in [-0.1, -0.05) is 13.8 Å². The van der Waals surface area contributed by atoms with Gasteiger partial charge in [0.15, 0.2) is 4.67 Å². The minimum Gasteiger partial charge on any atom is -0.452 e. The van der Waals surface area contributed by atoms with Crippen LogP contribution >= 0.6 is 15.9 Å². The predicted molar refractivity (Wildman–Crippen MR) is 64.7 cm³/mol. The van der Waals surface area contributed by atoms with Gasteiger partial charge in [-0.3, -0.25) is 0 Å². The van der Waals surface area contributed by atoms with Crippen LogP contribution in [0.25, 0.3) is 0 Å². The van der Waals surface area contributed by atoms with Crippen LogP contribution in [-0.4, -0.2) is 21.5 Å². The summed E-state index contributed by atoms with van der Waals surface area (Å²) in [5.74, 6) is 0.588. The second-order valence-corrected chi connectivity index (χ2v) is 5.59. The molecule has 2 N–H and O–H groups in total. The fraction of sp³-hybridized carbons (Fsp3) is 0.556. The Morgan fingerprint density at radius 2 is 2.06 bits per heavy atom. The number of sulfonamides is 1. The Labute approximate surface area is 104 Å². The van der Waals surface area contributed by atoms with Gasteiger partial charge in [0.05, 0.1) is 6.54 Å². The number of hydrogen-bond acceptors (Lipinski definition) is 4. The highest BCUT2D eigenvalue weighted by molar-refractivity contribution is 9.10. The molecular formula is C9H15BrN2O3S. The minimum atomic E-state index is -3.46. The summed E-state index contributed by atoms with van der Waals surface area (Å²) in [6.07, 6.45) is 0. The number of nitrogens with one attached hydrogen (secondary N) is 2. The van der Waals surface area contributed by atoms with Crippen molar-refractivity contribution in [2.75, 3.05) is 13.1 Å². The van der Waals surface area contributed by atoms with Crippen molar-refractivity contribution in [3.05, 3.63) is 16.5 Å². The van der Waals surface area contributed by atoms with Crippen molar-refractivity contribution in [3.63, 3.8) is 0 Å². The smallest absolute Gasteiger partial charge is 0.244 e. The third-order valence-corrected chi connectivity index (χ3v) is 4.28. The van der Waals surface area contributed by atoms with Gasteiger partial charge in [0.1, 0.15) is 10.7 Å². The fourth-order valence-corrected chi connectivity index (χ4v) is 3.22. The molecule has 7 heteroatoms. The highest BCUT2D eigenvalue weighted by atomic mass is 79.9. The maximum absolute atomic E-state index is 11.7. The molecule has 0 fully saturated rings. The minimum absolute atomic E-state index is 0.141. The third kappa shape index (κ3) is 3.31.